The van der Waals surface area contributed by atoms with E-state index >= 15 is 0 Å². The second-order valence-corrected chi connectivity index (χ2v) is 5.54. The van der Waals surface area contributed by atoms with Gasteiger partial charge in [0.1, 0.15) is 5.75 Å². The van der Waals surface area contributed by atoms with Gasteiger partial charge in [0, 0.05) is 13.1 Å². The molecule has 2 rings (SSSR count). The molecule has 0 fully saturated rings. The lowest BCUT2D eigenvalue weighted by atomic mass is 10.2. The van der Waals surface area contributed by atoms with Gasteiger partial charge in [-0.25, -0.2) is 0 Å². The van der Waals surface area contributed by atoms with Crippen molar-refractivity contribution in [2.75, 3.05) is 38.3 Å². The first-order valence-electron chi connectivity index (χ1n) is 6.83. The van der Waals surface area contributed by atoms with E-state index in [1.807, 2.05) is 12.1 Å². The molecule has 1 aromatic heterocycles. The number of hydrogen-bond donors (Lipinski definition) is 2. The van der Waals surface area contributed by atoms with E-state index in [4.69, 9.17) is 10.5 Å². The summed E-state index contributed by atoms with van der Waals surface area (Å²) in [5, 5.41) is 3.14. The summed E-state index contributed by atoms with van der Waals surface area (Å²) in [6.07, 6.45) is 0.870. The Morgan fingerprint density at radius 2 is 2.19 bits per heavy atom. The average Bonchev–Trinajstić information content (AvgIpc) is 2.84. The van der Waals surface area contributed by atoms with Gasteiger partial charge in [-0.15, -0.1) is 0 Å². The fourth-order valence-corrected chi connectivity index (χ4v) is 2.34. The molecule has 0 spiro atoms. The van der Waals surface area contributed by atoms with Gasteiger partial charge in [0.2, 0.25) is 0 Å². The minimum absolute atomic E-state index is 0.456. The summed E-state index contributed by atoms with van der Waals surface area (Å²) in [7, 11) is 4.11. The van der Waals surface area contributed by atoms with Crippen molar-refractivity contribution in [3.05, 3.63) is 29.8 Å². The summed E-state index contributed by atoms with van der Waals surface area (Å²) in [6.45, 7) is 2.32. The van der Waals surface area contributed by atoms with Crippen LogP contribution in [-0.2, 0) is 6.54 Å². The van der Waals surface area contributed by atoms with Crippen molar-refractivity contribution >= 4 is 23.4 Å². The normalized spacial score (nSPS) is 10.8. The molecule has 0 unspecified atom stereocenters. The predicted molar refractivity (Wildman–Crippen MR) is 86.8 cm³/mol. The Hall–Kier alpha value is -1.86. The number of nitrogens with zero attached hydrogens (tertiary/aromatic N) is 3. The van der Waals surface area contributed by atoms with E-state index in [0.29, 0.717) is 18.2 Å². The molecule has 3 N–H and O–H groups in total. The molecule has 21 heavy (non-hydrogen) atoms. The van der Waals surface area contributed by atoms with Gasteiger partial charge in [0.15, 0.2) is 11.6 Å². The van der Waals surface area contributed by atoms with Crippen LogP contribution in [0, 0.1) is 0 Å². The largest absolute Gasteiger partial charge is 0.494 e. The second kappa shape index (κ2) is 7.80. The highest BCUT2D eigenvalue weighted by Gasteiger charge is 2.02. The van der Waals surface area contributed by atoms with E-state index in [1.165, 1.54) is 5.56 Å². The molecule has 1 heterocycles. The first-order valence-corrected chi connectivity index (χ1v) is 7.56. The fourth-order valence-electron chi connectivity index (χ4n) is 1.89. The molecule has 0 bridgehead atoms. The summed E-state index contributed by atoms with van der Waals surface area (Å²) < 4.78 is 13.7. The first-order chi connectivity index (χ1) is 10.1. The fraction of sp³-hybridized carbons (Fsp3) is 0.429. The van der Waals surface area contributed by atoms with Crippen LogP contribution in [0.1, 0.15) is 12.0 Å². The standard InChI is InChI=1S/C14H21N5OS/c1-19(2)10-11-5-3-6-12(9-11)20-8-4-7-16-14-13(15)17-21-18-14/h3,5-6,9H,4,7-8,10H2,1-2H3,(H2,15,17)(H,16,18). The van der Waals surface area contributed by atoms with Crippen molar-refractivity contribution in [1.82, 2.24) is 13.6 Å². The highest BCUT2D eigenvalue weighted by Crippen LogP contribution is 2.15. The van der Waals surface area contributed by atoms with Crippen LogP contribution in [0.15, 0.2) is 24.3 Å². The van der Waals surface area contributed by atoms with Gasteiger partial charge < -0.3 is 20.7 Å². The topological polar surface area (TPSA) is 76.3 Å². The van der Waals surface area contributed by atoms with Crippen molar-refractivity contribution < 1.29 is 4.74 Å². The van der Waals surface area contributed by atoms with Gasteiger partial charge in [0.05, 0.1) is 18.3 Å². The first kappa shape index (κ1) is 15.5. The van der Waals surface area contributed by atoms with Crippen molar-refractivity contribution in [3.63, 3.8) is 0 Å². The maximum Gasteiger partial charge on any atom is 0.184 e. The molecule has 0 radical (unpaired) electrons. The van der Waals surface area contributed by atoms with Crippen molar-refractivity contribution in [3.8, 4) is 5.75 Å². The Morgan fingerprint density at radius 1 is 1.33 bits per heavy atom. The van der Waals surface area contributed by atoms with Crippen LogP contribution in [0.2, 0.25) is 0 Å². The zero-order valence-electron chi connectivity index (χ0n) is 12.4. The number of anilines is 2. The molecular weight excluding hydrogens is 286 g/mol. The van der Waals surface area contributed by atoms with Gasteiger partial charge in [-0.1, -0.05) is 12.1 Å². The quantitative estimate of drug-likeness (QED) is 0.727. The molecule has 0 aliphatic heterocycles. The lowest BCUT2D eigenvalue weighted by Gasteiger charge is -2.11. The molecule has 0 saturated heterocycles. The van der Waals surface area contributed by atoms with E-state index in [2.05, 4.69) is 45.2 Å². The minimum atomic E-state index is 0.456. The van der Waals surface area contributed by atoms with Gasteiger partial charge >= 0.3 is 0 Å². The molecule has 2 aromatic rings. The van der Waals surface area contributed by atoms with Crippen LogP contribution in [0.25, 0.3) is 0 Å². The molecule has 114 valence electrons. The van der Waals surface area contributed by atoms with Crippen LogP contribution in [0.3, 0.4) is 0 Å². The zero-order chi connectivity index (χ0) is 15.1. The third-order valence-electron chi connectivity index (χ3n) is 2.79. The van der Waals surface area contributed by atoms with Crippen LogP contribution in [0.5, 0.6) is 5.75 Å². The number of hydrogen-bond acceptors (Lipinski definition) is 7. The van der Waals surface area contributed by atoms with E-state index in [9.17, 15) is 0 Å². The number of ether oxygens (including phenoxy) is 1. The molecule has 0 saturated carbocycles. The number of nitrogen functional groups attached to an aromatic ring is 1. The summed E-state index contributed by atoms with van der Waals surface area (Å²) in [5.41, 5.74) is 6.89. The number of nitrogens with one attached hydrogen (secondary N) is 1. The summed E-state index contributed by atoms with van der Waals surface area (Å²) in [6, 6.07) is 8.19. The average molecular weight is 307 g/mol. The van der Waals surface area contributed by atoms with Crippen molar-refractivity contribution in [2.45, 2.75) is 13.0 Å². The van der Waals surface area contributed by atoms with Gasteiger partial charge in [-0.05, 0) is 38.2 Å². The van der Waals surface area contributed by atoms with E-state index < -0.39 is 0 Å². The highest BCUT2D eigenvalue weighted by atomic mass is 32.1. The Balaban J connectivity index is 1.70. The van der Waals surface area contributed by atoms with Crippen LogP contribution < -0.4 is 15.8 Å². The van der Waals surface area contributed by atoms with Crippen LogP contribution in [-0.4, -0.2) is 40.9 Å². The van der Waals surface area contributed by atoms with Crippen LogP contribution in [0.4, 0.5) is 11.6 Å². The Labute approximate surface area is 129 Å². The third-order valence-corrected chi connectivity index (χ3v) is 3.34. The summed E-state index contributed by atoms with van der Waals surface area (Å²) >= 11 is 1.11. The molecule has 0 amide bonds. The van der Waals surface area contributed by atoms with E-state index in [1.54, 1.807) is 0 Å². The molecule has 0 aliphatic rings. The zero-order valence-corrected chi connectivity index (χ0v) is 13.2. The summed E-state index contributed by atoms with van der Waals surface area (Å²) in [4.78, 5) is 2.13. The Morgan fingerprint density at radius 3 is 2.90 bits per heavy atom. The smallest absolute Gasteiger partial charge is 0.184 e. The molecular formula is C14H21N5OS. The maximum atomic E-state index is 5.75. The number of aromatic nitrogens is 2. The van der Waals surface area contributed by atoms with Gasteiger partial charge in [0.25, 0.3) is 0 Å². The van der Waals surface area contributed by atoms with Crippen molar-refractivity contribution in [1.29, 1.82) is 0 Å². The maximum absolute atomic E-state index is 5.75. The van der Waals surface area contributed by atoms with Crippen LogP contribution >= 0.6 is 11.7 Å². The van der Waals surface area contributed by atoms with Gasteiger partial charge in [-0.3, -0.25) is 0 Å². The predicted octanol–water partition coefficient (Wildman–Crippen LogP) is 2.06. The molecule has 0 atom stereocenters. The minimum Gasteiger partial charge on any atom is -0.494 e. The highest BCUT2D eigenvalue weighted by molar-refractivity contribution is 6.99. The lowest BCUT2D eigenvalue weighted by Crippen LogP contribution is -2.11. The van der Waals surface area contributed by atoms with E-state index in [0.717, 1.165) is 37.0 Å². The number of nitrogens with two attached hydrogens (primary N) is 1. The molecule has 1 aromatic carbocycles. The molecule has 0 aliphatic carbocycles. The van der Waals surface area contributed by atoms with Crippen molar-refractivity contribution in [2.24, 2.45) is 0 Å². The molecule has 7 heteroatoms. The van der Waals surface area contributed by atoms with E-state index in [-0.39, 0.29) is 0 Å². The number of rotatable bonds is 8. The summed E-state index contributed by atoms with van der Waals surface area (Å²) in [5.74, 6) is 2.02. The second-order valence-electron chi connectivity index (χ2n) is 5.01. The molecule has 6 nitrogen and oxygen atoms in total. The lowest BCUT2D eigenvalue weighted by molar-refractivity contribution is 0.314. The Kier molecular flexibility index (Phi) is 5.77. The number of benzene rings is 1. The Bertz CT molecular complexity index is 558. The third kappa shape index (κ3) is 5.20. The van der Waals surface area contributed by atoms with Gasteiger partial charge in [-0.2, -0.15) is 8.75 Å². The monoisotopic (exact) mass is 307 g/mol. The SMILES string of the molecule is CN(C)Cc1cccc(OCCCNc2nsnc2N)c1.